The van der Waals surface area contributed by atoms with E-state index in [1.807, 2.05) is 12.2 Å². The third-order valence-corrected chi connectivity index (χ3v) is 3.29. The van der Waals surface area contributed by atoms with E-state index in [0.29, 0.717) is 12.5 Å². The molecule has 0 aliphatic carbocycles. The van der Waals surface area contributed by atoms with Crippen molar-refractivity contribution in [1.29, 1.82) is 0 Å². The zero-order valence-electron chi connectivity index (χ0n) is 13.6. The quantitative estimate of drug-likeness (QED) is 0.364. The number of benzene rings is 1. The van der Waals surface area contributed by atoms with Gasteiger partial charge in [-0.15, -0.1) is 0 Å². The zero-order valence-corrected chi connectivity index (χ0v) is 13.6. The molecule has 0 fully saturated rings. The molecule has 0 spiro atoms. The van der Waals surface area contributed by atoms with Gasteiger partial charge in [-0.3, -0.25) is 14.8 Å². The Labute approximate surface area is 143 Å². The molecule has 1 aromatic carbocycles. The van der Waals surface area contributed by atoms with Crippen molar-refractivity contribution in [2.45, 2.75) is 31.9 Å². The van der Waals surface area contributed by atoms with Gasteiger partial charge in [0.2, 0.25) is 0 Å². The van der Waals surface area contributed by atoms with Crippen molar-refractivity contribution in [3.8, 4) is 11.8 Å². The van der Waals surface area contributed by atoms with Crippen molar-refractivity contribution >= 4 is 11.8 Å². The Hall–Kier alpha value is -2.76. The summed E-state index contributed by atoms with van der Waals surface area (Å²) in [5.41, 5.74) is -1.03. The number of amides is 2. The van der Waals surface area contributed by atoms with Crippen molar-refractivity contribution in [2.24, 2.45) is 0 Å². The van der Waals surface area contributed by atoms with Crippen molar-refractivity contribution in [3.05, 3.63) is 47.5 Å². The number of carbonyl (C=O) groups is 2. The average molecular weight is 352 g/mol. The van der Waals surface area contributed by atoms with Crippen LogP contribution in [0.2, 0.25) is 0 Å². The van der Waals surface area contributed by atoms with Gasteiger partial charge in [-0.2, -0.15) is 0 Å². The molecule has 1 aromatic rings. The first-order valence-corrected chi connectivity index (χ1v) is 7.22. The van der Waals surface area contributed by atoms with Crippen LogP contribution in [0.5, 0.6) is 0 Å². The van der Waals surface area contributed by atoms with E-state index >= 15 is 0 Å². The lowest BCUT2D eigenvalue weighted by molar-refractivity contribution is -0.149. The highest BCUT2D eigenvalue weighted by Crippen LogP contribution is 2.20. The lowest BCUT2D eigenvalue weighted by atomic mass is 9.95. The van der Waals surface area contributed by atoms with E-state index in [0.717, 1.165) is 5.48 Å². The second kappa shape index (κ2) is 8.92. The molecule has 0 aromatic heterocycles. The minimum atomic E-state index is -3.33. The number of hydroxylamine groups is 1. The summed E-state index contributed by atoms with van der Waals surface area (Å²) in [6, 6.07) is 3.80. The van der Waals surface area contributed by atoms with Gasteiger partial charge in [-0.05, 0) is 44.2 Å². The molecule has 8 heteroatoms. The van der Waals surface area contributed by atoms with E-state index in [9.17, 15) is 23.5 Å². The largest absolute Gasteiger partial charge is 0.381 e. The minimum absolute atomic E-state index is 0.0670. The zero-order chi connectivity index (χ0) is 19.0. The summed E-state index contributed by atoms with van der Waals surface area (Å²) in [4.78, 5) is 23.7. The van der Waals surface area contributed by atoms with Crippen LogP contribution < -0.4 is 10.8 Å². The predicted molar refractivity (Wildman–Crippen MR) is 85.9 cm³/mol. The standard InChI is InChI=1S/C17H18F2N2O4/c1-3-4-5-6-11-7-9-12(10-8-11)14(22)20-13(15(23)21-25)17(2,24)16(18)19/h3-4,7-10,13,16,24-25H,1-2H3,(H,20,22)(H,21,23)/b4-3+/t13-,17+/m1/s1. The molecular weight excluding hydrogens is 334 g/mol. The van der Waals surface area contributed by atoms with Crippen LogP contribution in [-0.2, 0) is 4.79 Å². The highest BCUT2D eigenvalue weighted by molar-refractivity contribution is 5.97. The maximum Gasteiger partial charge on any atom is 0.269 e. The molecule has 0 aliphatic heterocycles. The SMILES string of the molecule is C/C=C/C#Cc1ccc(C(=O)N[C@H](C(=O)NO)[C@](C)(O)C(F)F)cc1. The smallest absolute Gasteiger partial charge is 0.269 e. The fraction of sp³-hybridized carbons (Fsp3) is 0.294. The Morgan fingerprint density at radius 3 is 2.36 bits per heavy atom. The summed E-state index contributed by atoms with van der Waals surface area (Å²) < 4.78 is 25.9. The number of hydrogen-bond donors (Lipinski definition) is 4. The summed E-state index contributed by atoms with van der Waals surface area (Å²) in [6.07, 6.45) is 0.0701. The average Bonchev–Trinajstić information content (AvgIpc) is 2.59. The molecule has 134 valence electrons. The van der Waals surface area contributed by atoms with Gasteiger partial charge < -0.3 is 10.4 Å². The van der Waals surface area contributed by atoms with E-state index in [4.69, 9.17) is 5.21 Å². The van der Waals surface area contributed by atoms with E-state index in [1.54, 1.807) is 12.2 Å². The topological polar surface area (TPSA) is 98.7 Å². The lowest BCUT2D eigenvalue weighted by Crippen LogP contribution is -2.61. The monoisotopic (exact) mass is 352 g/mol. The molecule has 2 atom stereocenters. The second-order valence-electron chi connectivity index (χ2n) is 5.26. The highest BCUT2D eigenvalue weighted by atomic mass is 19.3. The normalized spacial score (nSPS) is 14.4. The number of alkyl halides is 2. The number of carbonyl (C=O) groups excluding carboxylic acids is 2. The van der Waals surface area contributed by atoms with Gasteiger partial charge in [-0.25, -0.2) is 14.3 Å². The predicted octanol–water partition coefficient (Wildman–Crippen LogP) is 1.23. The minimum Gasteiger partial charge on any atom is -0.381 e. The Morgan fingerprint density at radius 2 is 1.88 bits per heavy atom. The van der Waals surface area contributed by atoms with Gasteiger partial charge in [-0.1, -0.05) is 17.9 Å². The molecule has 4 N–H and O–H groups in total. The van der Waals surface area contributed by atoms with Gasteiger partial charge in [0, 0.05) is 11.1 Å². The number of allylic oxidation sites excluding steroid dienone is 2. The maximum absolute atomic E-state index is 12.9. The van der Waals surface area contributed by atoms with Crippen LogP contribution in [0, 0.1) is 11.8 Å². The Balaban J connectivity index is 2.98. The van der Waals surface area contributed by atoms with Crippen LogP contribution >= 0.6 is 0 Å². The molecule has 0 saturated heterocycles. The maximum atomic E-state index is 12.9. The summed E-state index contributed by atoms with van der Waals surface area (Å²) in [5, 5.41) is 20.4. The summed E-state index contributed by atoms with van der Waals surface area (Å²) in [6.45, 7) is 2.49. The van der Waals surface area contributed by atoms with Gasteiger partial charge in [0.1, 0.15) is 6.04 Å². The van der Waals surface area contributed by atoms with E-state index < -0.39 is 29.9 Å². The summed E-state index contributed by atoms with van der Waals surface area (Å²) >= 11 is 0. The second-order valence-corrected chi connectivity index (χ2v) is 5.26. The fourth-order valence-corrected chi connectivity index (χ4v) is 1.80. The Bertz CT molecular complexity index is 704. The van der Waals surface area contributed by atoms with Crippen molar-refractivity contribution in [1.82, 2.24) is 10.8 Å². The van der Waals surface area contributed by atoms with E-state index in [2.05, 4.69) is 11.8 Å². The summed E-state index contributed by atoms with van der Waals surface area (Å²) in [5.74, 6) is 3.33. The van der Waals surface area contributed by atoms with Crippen LogP contribution in [0.15, 0.2) is 36.4 Å². The van der Waals surface area contributed by atoms with Crippen molar-refractivity contribution < 1.29 is 28.7 Å². The number of halogens is 2. The molecule has 0 saturated carbocycles. The third-order valence-electron chi connectivity index (χ3n) is 3.29. The van der Waals surface area contributed by atoms with Gasteiger partial charge in [0.25, 0.3) is 18.2 Å². The number of nitrogens with one attached hydrogen (secondary N) is 2. The molecule has 0 bridgehead atoms. The molecule has 6 nitrogen and oxygen atoms in total. The molecule has 0 heterocycles. The molecule has 0 aliphatic rings. The summed E-state index contributed by atoms with van der Waals surface area (Å²) in [7, 11) is 0. The van der Waals surface area contributed by atoms with Crippen LogP contribution in [0.1, 0.15) is 29.8 Å². The molecule has 0 radical (unpaired) electrons. The van der Waals surface area contributed by atoms with Crippen LogP contribution in [0.3, 0.4) is 0 Å². The third kappa shape index (κ3) is 5.38. The van der Waals surface area contributed by atoms with E-state index in [-0.39, 0.29) is 5.56 Å². The molecule has 2 amide bonds. The van der Waals surface area contributed by atoms with Crippen LogP contribution in [0.4, 0.5) is 8.78 Å². The number of aliphatic hydroxyl groups is 1. The van der Waals surface area contributed by atoms with Gasteiger partial charge >= 0.3 is 0 Å². The highest BCUT2D eigenvalue weighted by Gasteiger charge is 2.46. The van der Waals surface area contributed by atoms with E-state index in [1.165, 1.54) is 24.3 Å². The van der Waals surface area contributed by atoms with Gasteiger partial charge in [0.15, 0.2) is 5.60 Å². The van der Waals surface area contributed by atoms with Crippen molar-refractivity contribution in [3.63, 3.8) is 0 Å². The lowest BCUT2D eigenvalue weighted by Gasteiger charge is -2.30. The number of rotatable bonds is 5. The van der Waals surface area contributed by atoms with Crippen LogP contribution in [0.25, 0.3) is 0 Å². The van der Waals surface area contributed by atoms with Crippen molar-refractivity contribution in [2.75, 3.05) is 0 Å². The Kier molecular flexibility index (Phi) is 7.23. The van der Waals surface area contributed by atoms with Gasteiger partial charge in [0.05, 0.1) is 0 Å². The first-order chi connectivity index (χ1) is 11.7. The number of hydrogen-bond acceptors (Lipinski definition) is 4. The molecular formula is C17H18F2N2O4. The van der Waals surface area contributed by atoms with Crippen LogP contribution in [-0.4, -0.2) is 40.2 Å². The first-order valence-electron chi connectivity index (χ1n) is 7.22. The first kappa shape index (κ1) is 20.3. The molecule has 25 heavy (non-hydrogen) atoms. The molecule has 0 unspecified atom stereocenters. The molecule has 1 rings (SSSR count). The Morgan fingerprint density at radius 1 is 1.28 bits per heavy atom. The fourth-order valence-electron chi connectivity index (χ4n) is 1.80.